The van der Waals surface area contributed by atoms with Crippen molar-refractivity contribution in [1.82, 2.24) is 14.8 Å². The summed E-state index contributed by atoms with van der Waals surface area (Å²) >= 11 is 5.96. The van der Waals surface area contributed by atoms with Crippen LogP contribution in [0, 0.1) is 10.1 Å². The summed E-state index contributed by atoms with van der Waals surface area (Å²) in [5, 5.41) is 19.6. The Hall–Kier alpha value is -2.86. The van der Waals surface area contributed by atoms with Crippen molar-refractivity contribution in [2.75, 3.05) is 6.61 Å². The molecule has 3 aromatic rings. The summed E-state index contributed by atoms with van der Waals surface area (Å²) in [6.45, 7) is 0.856. The number of nitrogens with zero attached hydrogens (tertiary/aromatic N) is 4. The number of hydrogen-bond acceptors (Lipinski definition) is 8. The van der Waals surface area contributed by atoms with Crippen LogP contribution in [0.4, 0.5) is 5.69 Å². The van der Waals surface area contributed by atoms with Crippen LogP contribution in [0.2, 0.25) is 5.02 Å². The molecule has 2 heterocycles. The largest absolute Gasteiger partial charge is 0.376 e. The van der Waals surface area contributed by atoms with Gasteiger partial charge < -0.3 is 10.5 Å². The van der Waals surface area contributed by atoms with Gasteiger partial charge in [0.25, 0.3) is 5.69 Å². The van der Waals surface area contributed by atoms with E-state index in [1.165, 1.54) is 28.8 Å². The first kappa shape index (κ1) is 24.3. The SMILES string of the molecule is NC(Cc1ccc(Cl)cc1)c1nnc(S(=O)(=O)Cc2cccc([N+](=O)[O-])c2)n1CC1CCCO1. The highest BCUT2D eigenvalue weighted by atomic mass is 35.5. The van der Waals surface area contributed by atoms with E-state index >= 15 is 0 Å². The number of rotatable bonds is 9. The van der Waals surface area contributed by atoms with E-state index in [0.717, 1.165) is 18.4 Å². The van der Waals surface area contributed by atoms with Gasteiger partial charge in [-0.05, 0) is 42.5 Å². The topological polar surface area (TPSA) is 143 Å². The van der Waals surface area contributed by atoms with E-state index in [9.17, 15) is 18.5 Å². The van der Waals surface area contributed by atoms with Crippen molar-refractivity contribution in [1.29, 1.82) is 0 Å². The molecule has 2 unspecified atom stereocenters. The zero-order chi connectivity index (χ0) is 24.3. The second-order valence-electron chi connectivity index (χ2n) is 8.21. The fraction of sp³-hybridized carbons (Fsp3) is 0.364. The van der Waals surface area contributed by atoms with Crippen molar-refractivity contribution in [2.45, 2.75) is 48.9 Å². The van der Waals surface area contributed by atoms with Gasteiger partial charge in [-0.1, -0.05) is 35.9 Å². The van der Waals surface area contributed by atoms with Gasteiger partial charge in [0, 0.05) is 23.8 Å². The van der Waals surface area contributed by atoms with Crippen LogP contribution < -0.4 is 5.73 Å². The maximum absolute atomic E-state index is 13.3. The molecule has 1 aliphatic heterocycles. The second kappa shape index (κ2) is 10.2. The van der Waals surface area contributed by atoms with E-state index in [4.69, 9.17) is 22.1 Å². The Bertz CT molecular complexity index is 1270. The van der Waals surface area contributed by atoms with Crippen LogP contribution >= 0.6 is 11.6 Å². The normalized spacial score (nSPS) is 17.1. The van der Waals surface area contributed by atoms with Gasteiger partial charge in [-0.3, -0.25) is 14.7 Å². The van der Waals surface area contributed by atoms with Gasteiger partial charge in [0.15, 0.2) is 5.82 Å². The molecule has 2 N–H and O–H groups in total. The van der Waals surface area contributed by atoms with Gasteiger partial charge in [-0.15, -0.1) is 10.2 Å². The number of nitro groups is 1. The number of ether oxygens (including phenoxy) is 1. The van der Waals surface area contributed by atoms with E-state index in [0.29, 0.717) is 23.9 Å². The predicted molar refractivity (Wildman–Crippen MR) is 125 cm³/mol. The van der Waals surface area contributed by atoms with Crippen LogP contribution in [0.5, 0.6) is 0 Å². The average molecular weight is 506 g/mol. The molecule has 1 saturated heterocycles. The molecule has 10 nitrogen and oxygen atoms in total. The minimum Gasteiger partial charge on any atom is -0.376 e. The first-order chi connectivity index (χ1) is 16.2. The van der Waals surface area contributed by atoms with E-state index in [2.05, 4.69) is 10.2 Å². The molecule has 34 heavy (non-hydrogen) atoms. The van der Waals surface area contributed by atoms with Crippen LogP contribution in [-0.2, 0) is 33.3 Å². The van der Waals surface area contributed by atoms with Crippen molar-refractivity contribution in [3.05, 3.63) is 80.6 Å². The molecular weight excluding hydrogens is 482 g/mol. The lowest BCUT2D eigenvalue weighted by Crippen LogP contribution is -2.25. The Balaban J connectivity index is 1.65. The van der Waals surface area contributed by atoms with Gasteiger partial charge in [0.1, 0.15) is 0 Å². The van der Waals surface area contributed by atoms with Crippen LogP contribution in [0.3, 0.4) is 0 Å². The van der Waals surface area contributed by atoms with E-state index in [1.54, 1.807) is 12.1 Å². The molecule has 1 fully saturated rings. The Morgan fingerprint density at radius 2 is 1.97 bits per heavy atom. The van der Waals surface area contributed by atoms with Crippen LogP contribution in [-0.4, -0.2) is 40.8 Å². The summed E-state index contributed by atoms with van der Waals surface area (Å²) in [6.07, 6.45) is 1.90. The molecule has 0 spiro atoms. The number of benzene rings is 2. The quantitative estimate of drug-likeness (QED) is 0.345. The Labute approximate surface area is 201 Å². The van der Waals surface area contributed by atoms with Crippen molar-refractivity contribution in [3.8, 4) is 0 Å². The first-order valence-corrected chi connectivity index (χ1v) is 12.8. The minimum absolute atomic E-state index is 0.177. The number of halogens is 1. The lowest BCUT2D eigenvalue weighted by atomic mass is 10.1. The molecule has 0 saturated carbocycles. The molecule has 4 rings (SSSR count). The molecular formula is C22H24ClN5O5S. The number of hydrogen-bond donors (Lipinski definition) is 1. The van der Waals surface area contributed by atoms with Crippen LogP contribution in [0.25, 0.3) is 0 Å². The van der Waals surface area contributed by atoms with Crippen molar-refractivity contribution in [2.24, 2.45) is 5.73 Å². The maximum atomic E-state index is 13.3. The maximum Gasteiger partial charge on any atom is 0.269 e. The zero-order valence-corrected chi connectivity index (χ0v) is 19.8. The van der Waals surface area contributed by atoms with Gasteiger partial charge in [-0.2, -0.15) is 0 Å². The first-order valence-electron chi connectivity index (χ1n) is 10.7. The number of sulfone groups is 1. The Morgan fingerprint density at radius 1 is 1.21 bits per heavy atom. The van der Waals surface area contributed by atoms with E-state index in [1.807, 2.05) is 12.1 Å². The molecule has 0 radical (unpaired) electrons. The third kappa shape index (κ3) is 5.61. The fourth-order valence-electron chi connectivity index (χ4n) is 3.98. The molecule has 1 aromatic heterocycles. The number of aromatic nitrogens is 3. The summed E-state index contributed by atoms with van der Waals surface area (Å²) in [7, 11) is -3.98. The average Bonchev–Trinajstić information content (AvgIpc) is 3.46. The number of nitro benzene ring substituents is 1. The molecule has 12 heteroatoms. The lowest BCUT2D eigenvalue weighted by molar-refractivity contribution is -0.384. The summed E-state index contributed by atoms with van der Waals surface area (Å²) < 4.78 is 33.9. The third-order valence-electron chi connectivity index (χ3n) is 5.61. The number of nitrogens with two attached hydrogens (primary N) is 1. The summed E-state index contributed by atoms with van der Waals surface area (Å²) in [6, 6.07) is 12.1. The zero-order valence-electron chi connectivity index (χ0n) is 18.2. The Kier molecular flexibility index (Phi) is 7.27. The van der Waals surface area contributed by atoms with Gasteiger partial charge >= 0.3 is 0 Å². The highest BCUT2D eigenvalue weighted by Crippen LogP contribution is 2.25. The molecule has 0 bridgehead atoms. The monoisotopic (exact) mass is 505 g/mol. The number of non-ortho nitro benzene ring substituents is 1. The van der Waals surface area contributed by atoms with Crippen molar-refractivity contribution >= 4 is 27.1 Å². The predicted octanol–water partition coefficient (Wildman–Crippen LogP) is 3.24. The summed E-state index contributed by atoms with van der Waals surface area (Å²) in [4.78, 5) is 10.5. The van der Waals surface area contributed by atoms with E-state index in [-0.39, 0.29) is 29.1 Å². The third-order valence-corrected chi connectivity index (χ3v) is 7.44. The smallest absolute Gasteiger partial charge is 0.269 e. The standard InChI is InChI=1S/C22H24ClN5O5S/c23-17-8-6-15(7-9-17)12-20(24)21-25-26-22(27(21)13-19-5-2-10-33-19)34(31,32)14-16-3-1-4-18(11-16)28(29)30/h1,3-4,6-9,11,19-20H,2,5,10,12-14,24H2. The van der Waals surface area contributed by atoms with Crippen molar-refractivity contribution < 1.29 is 18.1 Å². The molecule has 2 atom stereocenters. The molecule has 1 aliphatic rings. The van der Waals surface area contributed by atoms with Crippen molar-refractivity contribution in [3.63, 3.8) is 0 Å². The second-order valence-corrected chi connectivity index (χ2v) is 10.5. The summed E-state index contributed by atoms with van der Waals surface area (Å²) in [5.41, 5.74) is 7.46. The van der Waals surface area contributed by atoms with Gasteiger partial charge in [0.05, 0.1) is 29.4 Å². The molecule has 2 aromatic carbocycles. The highest BCUT2D eigenvalue weighted by molar-refractivity contribution is 7.90. The van der Waals surface area contributed by atoms with E-state index < -0.39 is 26.6 Å². The van der Waals surface area contributed by atoms with Gasteiger partial charge in [0.2, 0.25) is 15.0 Å². The minimum atomic E-state index is -3.98. The highest BCUT2D eigenvalue weighted by Gasteiger charge is 2.30. The fourth-order valence-corrected chi connectivity index (χ4v) is 5.52. The van der Waals surface area contributed by atoms with Crippen LogP contribution in [0.15, 0.2) is 53.7 Å². The lowest BCUT2D eigenvalue weighted by Gasteiger charge is -2.18. The molecule has 0 aliphatic carbocycles. The van der Waals surface area contributed by atoms with Crippen LogP contribution in [0.1, 0.15) is 35.8 Å². The molecule has 0 amide bonds. The Morgan fingerprint density at radius 3 is 2.65 bits per heavy atom. The van der Waals surface area contributed by atoms with Gasteiger partial charge in [-0.25, -0.2) is 8.42 Å². The summed E-state index contributed by atoms with van der Waals surface area (Å²) in [5.74, 6) is -0.117. The molecule has 180 valence electrons.